The molecule has 3 nitrogen and oxygen atoms in total. The van der Waals surface area contributed by atoms with Gasteiger partial charge < -0.3 is 11.1 Å². The molecule has 0 aromatic heterocycles. The molecule has 0 radical (unpaired) electrons. The molecular formula is C15H23ClN2O. The lowest BCUT2D eigenvalue weighted by atomic mass is 10.1. The molecule has 1 aromatic carbocycles. The molecule has 0 heterocycles. The second-order valence-electron chi connectivity index (χ2n) is 4.72. The SMILES string of the molecule is CCCCCCCCNC(=O)c1cccc(Cl)c1N. The highest BCUT2D eigenvalue weighted by molar-refractivity contribution is 6.33. The summed E-state index contributed by atoms with van der Waals surface area (Å²) in [4.78, 5) is 11.9. The summed E-state index contributed by atoms with van der Waals surface area (Å²) in [6, 6.07) is 5.11. The lowest BCUT2D eigenvalue weighted by Crippen LogP contribution is -2.25. The minimum absolute atomic E-state index is 0.145. The van der Waals surface area contributed by atoms with Crippen LogP contribution in [0.2, 0.25) is 5.02 Å². The predicted molar refractivity (Wildman–Crippen MR) is 81.6 cm³/mol. The minimum atomic E-state index is -0.145. The number of rotatable bonds is 8. The zero-order chi connectivity index (χ0) is 14.1. The number of para-hydroxylation sites is 1. The van der Waals surface area contributed by atoms with Crippen molar-refractivity contribution in [3.8, 4) is 0 Å². The van der Waals surface area contributed by atoms with Gasteiger partial charge in [0.25, 0.3) is 5.91 Å². The van der Waals surface area contributed by atoms with Crippen molar-refractivity contribution >= 4 is 23.2 Å². The number of amides is 1. The number of carbonyl (C=O) groups excluding carboxylic acids is 1. The van der Waals surface area contributed by atoms with E-state index in [0.29, 0.717) is 22.8 Å². The standard InChI is InChI=1S/C15H23ClN2O/c1-2-3-4-5-6-7-11-18-15(19)12-9-8-10-13(16)14(12)17/h8-10H,2-7,11,17H2,1H3,(H,18,19). The van der Waals surface area contributed by atoms with Crippen LogP contribution in [0.3, 0.4) is 0 Å². The van der Waals surface area contributed by atoms with Gasteiger partial charge in [-0.15, -0.1) is 0 Å². The fourth-order valence-electron chi connectivity index (χ4n) is 1.94. The van der Waals surface area contributed by atoms with Crippen LogP contribution >= 0.6 is 11.6 Å². The number of benzene rings is 1. The molecule has 0 unspecified atom stereocenters. The summed E-state index contributed by atoms with van der Waals surface area (Å²) in [5.41, 5.74) is 6.58. The fraction of sp³-hybridized carbons (Fsp3) is 0.533. The lowest BCUT2D eigenvalue weighted by molar-refractivity contribution is 0.0954. The van der Waals surface area contributed by atoms with Crippen molar-refractivity contribution in [1.82, 2.24) is 5.32 Å². The van der Waals surface area contributed by atoms with E-state index in [4.69, 9.17) is 17.3 Å². The molecule has 1 aromatic rings. The van der Waals surface area contributed by atoms with Gasteiger partial charge in [0.15, 0.2) is 0 Å². The molecule has 0 atom stereocenters. The number of hydrogen-bond acceptors (Lipinski definition) is 2. The van der Waals surface area contributed by atoms with Gasteiger partial charge in [0, 0.05) is 6.54 Å². The molecule has 0 saturated carbocycles. The Morgan fingerprint density at radius 1 is 1.21 bits per heavy atom. The molecule has 1 rings (SSSR count). The molecule has 1 amide bonds. The minimum Gasteiger partial charge on any atom is -0.397 e. The van der Waals surface area contributed by atoms with E-state index >= 15 is 0 Å². The van der Waals surface area contributed by atoms with E-state index in [1.54, 1.807) is 18.2 Å². The van der Waals surface area contributed by atoms with E-state index in [2.05, 4.69) is 12.2 Å². The zero-order valence-electron chi connectivity index (χ0n) is 11.5. The van der Waals surface area contributed by atoms with Crippen LogP contribution in [-0.4, -0.2) is 12.5 Å². The van der Waals surface area contributed by atoms with Gasteiger partial charge in [-0.05, 0) is 18.6 Å². The van der Waals surface area contributed by atoms with Gasteiger partial charge in [-0.1, -0.05) is 56.7 Å². The van der Waals surface area contributed by atoms with Crippen LogP contribution in [0.15, 0.2) is 18.2 Å². The first-order valence-corrected chi connectivity index (χ1v) is 7.36. The number of halogens is 1. The van der Waals surface area contributed by atoms with Crippen molar-refractivity contribution in [1.29, 1.82) is 0 Å². The topological polar surface area (TPSA) is 55.1 Å². The van der Waals surface area contributed by atoms with Crippen LogP contribution in [0, 0.1) is 0 Å². The number of hydrogen-bond donors (Lipinski definition) is 2. The molecule has 0 spiro atoms. The predicted octanol–water partition coefficient (Wildman–Crippen LogP) is 4.01. The van der Waals surface area contributed by atoms with E-state index in [0.717, 1.165) is 12.8 Å². The number of nitrogens with two attached hydrogens (primary N) is 1. The Kier molecular flexibility index (Phi) is 7.34. The third-order valence-corrected chi connectivity index (χ3v) is 3.44. The van der Waals surface area contributed by atoms with E-state index < -0.39 is 0 Å². The molecule has 4 heteroatoms. The molecule has 19 heavy (non-hydrogen) atoms. The van der Waals surface area contributed by atoms with E-state index in [1.165, 1.54) is 25.7 Å². The second-order valence-corrected chi connectivity index (χ2v) is 5.13. The van der Waals surface area contributed by atoms with Gasteiger partial charge in [-0.25, -0.2) is 0 Å². The van der Waals surface area contributed by atoms with Crippen molar-refractivity contribution in [2.45, 2.75) is 45.4 Å². The molecule has 0 saturated heterocycles. The number of carbonyl (C=O) groups is 1. The monoisotopic (exact) mass is 282 g/mol. The summed E-state index contributed by atoms with van der Waals surface area (Å²) in [7, 11) is 0. The third-order valence-electron chi connectivity index (χ3n) is 3.11. The third kappa shape index (κ3) is 5.52. The van der Waals surface area contributed by atoms with Gasteiger partial charge in [-0.2, -0.15) is 0 Å². The first-order valence-electron chi connectivity index (χ1n) is 6.99. The van der Waals surface area contributed by atoms with Crippen molar-refractivity contribution in [2.75, 3.05) is 12.3 Å². The van der Waals surface area contributed by atoms with Crippen molar-refractivity contribution in [2.24, 2.45) is 0 Å². The smallest absolute Gasteiger partial charge is 0.253 e. The number of anilines is 1. The van der Waals surface area contributed by atoms with Crippen molar-refractivity contribution in [3.63, 3.8) is 0 Å². The van der Waals surface area contributed by atoms with Gasteiger partial charge in [0.1, 0.15) is 0 Å². The maximum Gasteiger partial charge on any atom is 0.253 e. The van der Waals surface area contributed by atoms with Gasteiger partial charge >= 0.3 is 0 Å². The number of nitrogen functional groups attached to an aromatic ring is 1. The largest absolute Gasteiger partial charge is 0.397 e. The Bertz CT molecular complexity index is 407. The Morgan fingerprint density at radius 3 is 2.63 bits per heavy atom. The van der Waals surface area contributed by atoms with Crippen molar-refractivity contribution in [3.05, 3.63) is 28.8 Å². The average molecular weight is 283 g/mol. The van der Waals surface area contributed by atoms with Gasteiger partial charge in [0.2, 0.25) is 0 Å². The number of nitrogens with one attached hydrogen (secondary N) is 1. The van der Waals surface area contributed by atoms with Crippen LogP contribution in [0.5, 0.6) is 0 Å². The van der Waals surface area contributed by atoms with Crippen LogP contribution in [0.1, 0.15) is 55.8 Å². The van der Waals surface area contributed by atoms with Crippen LogP contribution in [0.25, 0.3) is 0 Å². The summed E-state index contributed by atoms with van der Waals surface area (Å²) in [5.74, 6) is -0.145. The molecule has 0 aliphatic carbocycles. The summed E-state index contributed by atoms with van der Waals surface area (Å²) in [6.45, 7) is 2.90. The highest BCUT2D eigenvalue weighted by Gasteiger charge is 2.10. The van der Waals surface area contributed by atoms with Gasteiger partial charge in [0.05, 0.1) is 16.3 Å². The molecule has 106 valence electrons. The molecule has 0 fully saturated rings. The maximum absolute atomic E-state index is 11.9. The Hall–Kier alpha value is -1.22. The highest BCUT2D eigenvalue weighted by Crippen LogP contribution is 2.22. The lowest BCUT2D eigenvalue weighted by Gasteiger charge is -2.08. The van der Waals surface area contributed by atoms with Crippen LogP contribution < -0.4 is 11.1 Å². The normalized spacial score (nSPS) is 10.4. The van der Waals surface area contributed by atoms with E-state index in [1.807, 2.05) is 0 Å². The summed E-state index contributed by atoms with van der Waals surface area (Å²) >= 11 is 5.89. The van der Waals surface area contributed by atoms with Crippen LogP contribution in [-0.2, 0) is 0 Å². The maximum atomic E-state index is 11.9. The Labute approximate surface area is 120 Å². The first kappa shape index (κ1) is 15.8. The van der Waals surface area contributed by atoms with Crippen LogP contribution in [0.4, 0.5) is 5.69 Å². The quantitative estimate of drug-likeness (QED) is 0.559. The number of unbranched alkanes of at least 4 members (excludes halogenated alkanes) is 5. The molecule has 0 aliphatic heterocycles. The molecule has 3 N–H and O–H groups in total. The second kappa shape index (κ2) is 8.81. The molecule has 0 aliphatic rings. The first-order chi connectivity index (χ1) is 9.16. The highest BCUT2D eigenvalue weighted by atomic mass is 35.5. The summed E-state index contributed by atoms with van der Waals surface area (Å²) in [6.07, 6.45) is 7.24. The molecule has 0 bridgehead atoms. The summed E-state index contributed by atoms with van der Waals surface area (Å²) < 4.78 is 0. The summed E-state index contributed by atoms with van der Waals surface area (Å²) in [5, 5.41) is 3.30. The van der Waals surface area contributed by atoms with Crippen molar-refractivity contribution < 1.29 is 4.79 Å². The fourth-order valence-corrected chi connectivity index (χ4v) is 2.11. The average Bonchev–Trinajstić information content (AvgIpc) is 2.40. The van der Waals surface area contributed by atoms with E-state index in [9.17, 15) is 4.79 Å². The van der Waals surface area contributed by atoms with E-state index in [-0.39, 0.29) is 5.91 Å². The molecular weight excluding hydrogens is 260 g/mol. The van der Waals surface area contributed by atoms with Gasteiger partial charge in [-0.3, -0.25) is 4.79 Å². The zero-order valence-corrected chi connectivity index (χ0v) is 12.3. The Morgan fingerprint density at radius 2 is 1.89 bits per heavy atom. The Balaban J connectivity index is 2.26.